The van der Waals surface area contributed by atoms with Crippen molar-refractivity contribution >= 4 is 115 Å². The first kappa shape index (κ1) is 72.6. The highest BCUT2D eigenvalue weighted by atomic mass is 35.5. The average Bonchev–Trinajstić information content (AvgIpc) is 1.63. The predicted octanol–water partition coefficient (Wildman–Crippen LogP) is 11.8. The van der Waals surface area contributed by atoms with Crippen LogP contribution in [0.1, 0.15) is 22.3 Å². The number of carbonyl (C=O) groups excluding carboxylic acids is 3. The summed E-state index contributed by atoms with van der Waals surface area (Å²) in [6.45, 7) is 4.83. The van der Waals surface area contributed by atoms with Gasteiger partial charge in [-0.05, 0) is 160 Å². The van der Waals surface area contributed by atoms with E-state index in [9.17, 15) is 39.6 Å². The minimum Gasteiger partial charge on any atom is -0.497 e. The molecule has 25 nitrogen and oxygen atoms in total. The van der Waals surface area contributed by atoms with Gasteiger partial charge >= 0.3 is 0 Å². The summed E-state index contributed by atoms with van der Waals surface area (Å²) in [4.78, 5) is 37.4. The molecule has 0 bridgehead atoms. The highest BCUT2D eigenvalue weighted by Gasteiger charge is 2.28. The van der Waals surface area contributed by atoms with Gasteiger partial charge in [0.15, 0.2) is 19.8 Å². The van der Waals surface area contributed by atoms with Crippen LogP contribution in [-0.4, -0.2) is 119 Å². The van der Waals surface area contributed by atoms with Gasteiger partial charge in [-0.15, -0.1) is 27.6 Å². The molecule has 0 aliphatic rings. The van der Waals surface area contributed by atoms with E-state index in [0.29, 0.717) is 73.1 Å². The number of aryl methyl sites for hydroxylation is 3. The molecule has 0 aliphatic carbocycles. The Kier molecular flexibility index (Phi) is 22.8. The number of hydrogen-bond acceptors (Lipinski definition) is 19. The van der Waals surface area contributed by atoms with E-state index in [-0.39, 0.29) is 62.0 Å². The van der Waals surface area contributed by atoms with Gasteiger partial charge in [-0.3, -0.25) is 14.4 Å². The molecule has 3 amide bonds. The summed E-state index contributed by atoms with van der Waals surface area (Å²) in [7, 11) is -5.97. The Balaban J connectivity index is 0.000000163. The van der Waals surface area contributed by atoms with Gasteiger partial charge in [0.2, 0.25) is 17.6 Å². The van der Waals surface area contributed by atoms with Crippen LogP contribution >= 0.6 is 23.2 Å². The molecule has 12 aromatic rings. The lowest BCUT2D eigenvalue weighted by atomic mass is 10.2. The number of aromatic nitrogens is 6. The Labute approximate surface area is 591 Å². The monoisotopic (exact) mass is 1470 g/mol. The minimum absolute atomic E-state index is 0.00512. The molecule has 0 unspecified atom stereocenters. The van der Waals surface area contributed by atoms with E-state index in [2.05, 4.69) is 31.2 Å². The third kappa shape index (κ3) is 17.3. The van der Waals surface area contributed by atoms with Crippen molar-refractivity contribution in [3.8, 4) is 40.6 Å². The third-order valence-electron chi connectivity index (χ3n) is 15.0. The predicted molar refractivity (Wildman–Crippen MR) is 382 cm³/mol. The van der Waals surface area contributed by atoms with Gasteiger partial charge in [0.1, 0.15) is 23.0 Å². The second-order valence-corrected chi connectivity index (χ2v) is 28.3. The van der Waals surface area contributed by atoms with Crippen LogP contribution in [0, 0.1) is 20.8 Å². The van der Waals surface area contributed by atoms with Crippen molar-refractivity contribution in [3.63, 3.8) is 0 Å². The third-order valence-corrected chi connectivity index (χ3v) is 20.4. The summed E-state index contributed by atoms with van der Waals surface area (Å²) >= 11 is 12.0. The number of ether oxygens (including phenoxy) is 7. The molecule has 0 fully saturated rings. The molecule has 3 heterocycles. The van der Waals surface area contributed by atoms with Crippen LogP contribution in [0.2, 0.25) is 10.0 Å². The zero-order chi connectivity index (χ0) is 72.2. The lowest BCUT2D eigenvalue weighted by Gasteiger charge is -2.08. The van der Waals surface area contributed by atoms with Gasteiger partial charge < -0.3 is 49.1 Å². The number of methoxy groups -OCH3 is 4. The number of rotatable bonds is 23. The van der Waals surface area contributed by atoms with E-state index in [0.717, 1.165) is 34.5 Å². The molecule has 3 aromatic heterocycles. The summed E-state index contributed by atoms with van der Waals surface area (Å²) in [5.41, 5.74) is 5.56. The Morgan fingerprint density at radius 2 is 0.762 bits per heavy atom. The van der Waals surface area contributed by atoms with E-state index in [1.165, 1.54) is 63.8 Å². The maximum atomic E-state index is 13.3. The molecule has 522 valence electrons. The average molecular weight is 1470 g/mol. The van der Waals surface area contributed by atoms with Crippen LogP contribution in [0.25, 0.3) is 32.7 Å². The van der Waals surface area contributed by atoms with Crippen molar-refractivity contribution in [1.82, 2.24) is 32.9 Å². The smallest absolute Gasteiger partial charge is 0.283 e. The largest absolute Gasteiger partial charge is 0.497 e. The van der Waals surface area contributed by atoms with E-state index >= 15 is 0 Å². The summed E-state index contributed by atoms with van der Waals surface area (Å²) in [5.74, 6) is 0.808. The Hall–Kier alpha value is -11.2. The summed E-state index contributed by atoms with van der Waals surface area (Å²) in [6.07, 6.45) is 0. The quantitative estimate of drug-likeness (QED) is 0.0536. The molecule has 12 rings (SSSR count). The number of fused-ring (bicyclic) bond motifs is 3. The first-order chi connectivity index (χ1) is 48.4. The van der Waals surface area contributed by atoms with Gasteiger partial charge in [-0.25, -0.2) is 0 Å². The molecular weight excluding hydrogens is 1400 g/mol. The number of halogens is 2. The maximum absolute atomic E-state index is 13.3. The molecule has 0 radical (unpaired) electrons. The molecule has 0 saturated carbocycles. The molecule has 0 spiro atoms. The van der Waals surface area contributed by atoms with Crippen molar-refractivity contribution in [3.05, 3.63) is 232 Å². The van der Waals surface area contributed by atoms with Crippen LogP contribution in [0.5, 0.6) is 40.6 Å². The van der Waals surface area contributed by atoms with Crippen molar-refractivity contribution in [2.75, 3.05) is 58.9 Å². The number of benzene rings is 9. The van der Waals surface area contributed by atoms with Gasteiger partial charge in [0, 0.05) is 17.3 Å². The van der Waals surface area contributed by atoms with Crippen LogP contribution in [0.4, 0.5) is 11.4 Å². The summed E-state index contributed by atoms with van der Waals surface area (Å²) in [6, 6.07) is 54.7. The number of amides is 3. The van der Waals surface area contributed by atoms with Gasteiger partial charge in [-0.1, -0.05) is 107 Å². The number of carbonyl (C=O) groups is 3. The Morgan fingerprint density at radius 3 is 1.13 bits per heavy atom. The number of nitrogens with one attached hydrogen (secondary N) is 3. The lowest BCUT2D eigenvalue weighted by molar-refractivity contribution is -0.123. The molecule has 3 N–H and O–H groups in total. The van der Waals surface area contributed by atoms with Crippen molar-refractivity contribution < 1.29 is 72.8 Å². The lowest BCUT2D eigenvalue weighted by Crippen LogP contribution is -2.28. The van der Waals surface area contributed by atoms with Crippen molar-refractivity contribution in [2.45, 2.75) is 42.0 Å². The van der Waals surface area contributed by atoms with Gasteiger partial charge in [0.05, 0.1) is 86.5 Å². The first-order valence-electron chi connectivity index (χ1n) is 30.4. The second-order valence-electron chi connectivity index (χ2n) is 22.1. The van der Waals surface area contributed by atoms with Gasteiger partial charge in [0.25, 0.3) is 47.8 Å². The summed E-state index contributed by atoms with van der Waals surface area (Å²) < 4.78 is 120. The molecule has 0 atom stereocenters. The van der Waals surface area contributed by atoms with Crippen LogP contribution in [0.3, 0.4) is 0 Å². The molecule has 30 heteroatoms. The normalized spacial score (nSPS) is 11.3. The highest BCUT2D eigenvalue weighted by molar-refractivity contribution is 7.90. The molecule has 101 heavy (non-hydrogen) atoms. The van der Waals surface area contributed by atoms with E-state index in [1.54, 1.807) is 135 Å². The van der Waals surface area contributed by atoms with Crippen LogP contribution < -0.4 is 49.1 Å². The maximum Gasteiger partial charge on any atom is 0.283 e. The van der Waals surface area contributed by atoms with Crippen LogP contribution in [-0.2, 0) is 51.0 Å². The fourth-order valence-electron chi connectivity index (χ4n) is 9.71. The number of hydrogen-bond donors (Lipinski definition) is 3. The Morgan fingerprint density at radius 1 is 0.406 bits per heavy atom. The fourth-order valence-corrected chi connectivity index (χ4v) is 14.0. The molecule has 0 saturated heterocycles. The zero-order valence-corrected chi connectivity index (χ0v) is 59.0. The second kappa shape index (κ2) is 31.8. The van der Waals surface area contributed by atoms with Crippen molar-refractivity contribution in [1.29, 1.82) is 0 Å². The first-order valence-corrected chi connectivity index (χ1v) is 35.5. The SMILES string of the molecule is COc1ccc(NC(=O)COc2nn(S(=O)(=O)c3ccc(C)cc3)c3ccc(OC)cc23)cc1.COc1ccc2c(c1)c(OCC(=O)NCc1ccccc1)nn2S(=O)(=O)c1ccc(C)cc1.COc1ccc2c(c1)c(OCC(=O)Nc1ccc(Cl)cc1Cl)nn2S(=O)(=O)c1ccc(C)cc1. The molecule has 9 aromatic carbocycles. The van der Waals surface area contributed by atoms with Crippen molar-refractivity contribution in [2.24, 2.45) is 0 Å². The topological polar surface area (TPSA) is 308 Å². The molecule has 0 aliphatic heterocycles. The zero-order valence-electron chi connectivity index (χ0n) is 55.1. The van der Waals surface area contributed by atoms with Crippen LogP contribution in [0.15, 0.2) is 215 Å². The van der Waals surface area contributed by atoms with E-state index < -0.39 is 48.5 Å². The highest BCUT2D eigenvalue weighted by Crippen LogP contribution is 2.35. The Bertz CT molecular complexity index is 5350. The minimum atomic E-state index is -4.02. The summed E-state index contributed by atoms with van der Waals surface area (Å²) in [5, 5.41) is 22.5. The molecular formula is C71H65Cl2N9O16S3. The number of anilines is 2. The standard InChI is InChI=1S/C24H23N3O6S.C24H23N3O5S.C23H19Cl2N3O5S/c1-16-4-11-20(12-5-16)34(29,30)27-22-13-10-19(32-3)14-21(22)24(26-27)33-15-23(28)25-17-6-8-18(31-2)9-7-17;1-17-8-11-20(12-9-17)33(29,30)27-22-13-10-19(31-2)14-21(22)24(26-27)32-16-23(28)25-15-18-6-4-3-5-7-18;1-14-3-7-17(8-4-14)34(30,31)28-21-10-6-16(32-2)12-18(21)23(27-28)33-13-22(29)26-20-9-5-15(24)11-19(20)25/h4-14H,15H2,1-3H3,(H,25,28);3-14H,15-16H2,1-2H3,(H,25,28);3-12H,13H2,1-2H3,(H,26,29). The fraction of sp³-hybridized carbons (Fsp3) is 0.155. The van der Waals surface area contributed by atoms with E-state index in [4.69, 9.17) is 56.4 Å². The van der Waals surface area contributed by atoms with Gasteiger partial charge in [-0.2, -0.15) is 25.3 Å². The van der Waals surface area contributed by atoms with E-state index in [1.807, 2.05) is 51.1 Å². The number of nitrogens with zero attached hydrogens (tertiary/aromatic N) is 6.